The SMILES string of the molecule is CN(C)CCCN(C)CC1NCCc2ccccc21. The minimum atomic E-state index is 0.495. The van der Waals surface area contributed by atoms with Crippen LogP contribution in [0.5, 0.6) is 0 Å². The van der Waals surface area contributed by atoms with Crippen molar-refractivity contribution >= 4 is 0 Å². The van der Waals surface area contributed by atoms with Gasteiger partial charge >= 0.3 is 0 Å². The maximum atomic E-state index is 3.65. The first-order valence-electron chi connectivity index (χ1n) is 7.31. The van der Waals surface area contributed by atoms with E-state index in [1.165, 1.54) is 30.6 Å². The topological polar surface area (TPSA) is 18.5 Å². The van der Waals surface area contributed by atoms with Crippen LogP contribution in [0.1, 0.15) is 23.6 Å². The van der Waals surface area contributed by atoms with Crippen LogP contribution < -0.4 is 5.32 Å². The van der Waals surface area contributed by atoms with Crippen LogP contribution in [-0.4, -0.2) is 57.1 Å². The predicted molar refractivity (Wildman–Crippen MR) is 81.6 cm³/mol. The van der Waals surface area contributed by atoms with Gasteiger partial charge in [-0.3, -0.25) is 0 Å². The molecule has 1 aliphatic heterocycles. The smallest absolute Gasteiger partial charge is 0.0452 e. The average Bonchev–Trinajstić information content (AvgIpc) is 2.39. The van der Waals surface area contributed by atoms with E-state index >= 15 is 0 Å². The molecule has 1 aromatic carbocycles. The van der Waals surface area contributed by atoms with Gasteiger partial charge in [-0.15, -0.1) is 0 Å². The molecule has 0 saturated carbocycles. The van der Waals surface area contributed by atoms with Crippen molar-refractivity contribution in [2.75, 3.05) is 47.3 Å². The first-order chi connectivity index (χ1) is 9.16. The van der Waals surface area contributed by atoms with Crippen LogP contribution in [0.15, 0.2) is 24.3 Å². The van der Waals surface area contributed by atoms with Gasteiger partial charge in [-0.05, 0) is 64.7 Å². The van der Waals surface area contributed by atoms with Gasteiger partial charge in [-0.2, -0.15) is 0 Å². The highest BCUT2D eigenvalue weighted by molar-refractivity contribution is 5.32. The molecule has 1 N–H and O–H groups in total. The Bertz CT molecular complexity index is 389. The molecule has 0 fully saturated rings. The van der Waals surface area contributed by atoms with Gasteiger partial charge in [-0.1, -0.05) is 24.3 Å². The number of hydrogen-bond acceptors (Lipinski definition) is 3. The Balaban J connectivity index is 1.86. The van der Waals surface area contributed by atoms with Gasteiger partial charge in [0.15, 0.2) is 0 Å². The number of rotatable bonds is 6. The fourth-order valence-corrected chi connectivity index (χ4v) is 2.82. The van der Waals surface area contributed by atoms with Crippen LogP contribution >= 0.6 is 0 Å². The molecule has 1 heterocycles. The normalized spacial score (nSPS) is 18.9. The van der Waals surface area contributed by atoms with Crippen LogP contribution in [0, 0.1) is 0 Å². The van der Waals surface area contributed by atoms with E-state index in [1.54, 1.807) is 0 Å². The summed E-state index contributed by atoms with van der Waals surface area (Å²) in [6, 6.07) is 9.36. The summed E-state index contributed by atoms with van der Waals surface area (Å²) in [7, 11) is 6.51. The molecule has 2 rings (SSSR count). The quantitative estimate of drug-likeness (QED) is 0.842. The molecule has 1 unspecified atom stereocenters. The lowest BCUT2D eigenvalue weighted by molar-refractivity contribution is 0.267. The Labute approximate surface area is 117 Å². The second-order valence-electron chi connectivity index (χ2n) is 5.87. The maximum Gasteiger partial charge on any atom is 0.0452 e. The van der Waals surface area contributed by atoms with E-state index in [4.69, 9.17) is 0 Å². The van der Waals surface area contributed by atoms with Crippen molar-refractivity contribution in [3.63, 3.8) is 0 Å². The summed E-state index contributed by atoms with van der Waals surface area (Å²) in [5.74, 6) is 0. The molecule has 0 radical (unpaired) electrons. The van der Waals surface area contributed by atoms with Crippen molar-refractivity contribution < 1.29 is 0 Å². The zero-order valence-corrected chi connectivity index (χ0v) is 12.5. The average molecular weight is 261 g/mol. The first kappa shape index (κ1) is 14.5. The van der Waals surface area contributed by atoms with Gasteiger partial charge in [-0.25, -0.2) is 0 Å². The van der Waals surface area contributed by atoms with Crippen molar-refractivity contribution in [1.82, 2.24) is 15.1 Å². The van der Waals surface area contributed by atoms with Crippen molar-refractivity contribution in [2.24, 2.45) is 0 Å². The molecule has 1 aromatic rings. The molecule has 3 nitrogen and oxygen atoms in total. The molecule has 0 aromatic heterocycles. The van der Waals surface area contributed by atoms with Crippen LogP contribution in [0.4, 0.5) is 0 Å². The molecule has 3 heteroatoms. The van der Waals surface area contributed by atoms with Crippen molar-refractivity contribution in [1.29, 1.82) is 0 Å². The number of fused-ring (bicyclic) bond motifs is 1. The lowest BCUT2D eigenvalue weighted by atomic mass is 9.94. The highest BCUT2D eigenvalue weighted by Crippen LogP contribution is 2.23. The van der Waals surface area contributed by atoms with Crippen LogP contribution in [-0.2, 0) is 6.42 Å². The van der Waals surface area contributed by atoms with Gasteiger partial charge in [0.25, 0.3) is 0 Å². The van der Waals surface area contributed by atoms with E-state index < -0.39 is 0 Å². The standard InChI is InChI=1S/C16H27N3/c1-18(2)11-6-12-19(3)13-16-15-8-5-4-7-14(15)9-10-17-16/h4-5,7-8,16-17H,6,9-13H2,1-3H3. The van der Waals surface area contributed by atoms with E-state index in [0.717, 1.165) is 19.5 Å². The lowest BCUT2D eigenvalue weighted by Crippen LogP contribution is -2.38. The Morgan fingerprint density at radius 2 is 1.95 bits per heavy atom. The number of likely N-dealkylation sites (N-methyl/N-ethyl adjacent to an activating group) is 1. The van der Waals surface area contributed by atoms with Crippen LogP contribution in [0.2, 0.25) is 0 Å². The zero-order chi connectivity index (χ0) is 13.7. The highest BCUT2D eigenvalue weighted by Gasteiger charge is 2.20. The fraction of sp³-hybridized carbons (Fsp3) is 0.625. The molecular formula is C16H27N3. The molecular weight excluding hydrogens is 234 g/mol. The summed E-state index contributed by atoms with van der Waals surface area (Å²) in [5, 5.41) is 3.65. The third-order valence-corrected chi connectivity index (χ3v) is 3.85. The van der Waals surface area contributed by atoms with E-state index in [2.05, 4.69) is 60.5 Å². The molecule has 0 saturated heterocycles. The summed E-state index contributed by atoms with van der Waals surface area (Å²) >= 11 is 0. The predicted octanol–water partition coefficient (Wildman–Crippen LogP) is 1.76. The second-order valence-corrected chi connectivity index (χ2v) is 5.87. The lowest BCUT2D eigenvalue weighted by Gasteiger charge is -2.30. The van der Waals surface area contributed by atoms with Gasteiger partial charge in [0.05, 0.1) is 0 Å². The third-order valence-electron chi connectivity index (χ3n) is 3.85. The minimum Gasteiger partial charge on any atom is -0.309 e. The van der Waals surface area contributed by atoms with Crippen molar-refractivity contribution in [3.05, 3.63) is 35.4 Å². The van der Waals surface area contributed by atoms with Crippen LogP contribution in [0.25, 0.3) is 0 Å². The summed E-state index contributed by atoms with van der Waals surface area (Å²) in [4.78, 5) is 4.70. The van der Waals surface area contributed by atoms with Gasteiger partial charge in [0, 0.05) is 12.6 Å². The highest BCUT2D eigenvalue weighted by atomic mass is 15.1. The molecule has 0 bridgehead atoms. The molecule has 0 spiro atoms. The van der Waals surface area contributed by atoms with E-state index in [9.17, 15) is 0 Å². The number of benzene rings is 1. The molecule has 1 aliphatic rings. The number of nitrogens with one attached hydrogen (secondary N) is 1. The maximum absolute atomic E-state index is 3.65. The molecule has 0 aliphatic carbocycles. The second kappa shape index (κ2) is 7.04. The van der Waals surface area contributed by atoms with Gasteiger partial charge in [0.1, 0.15) is 0 Å². The fourth-order valence-electron chi connectivity index (χ4n) is 2.82. The summed E-state index contributed by atoms with van der Waals surface area (Å²) < 4.78 is 0. The van der Waals surface area contributed by atoms with Crippen LogP contribution in [0.3, 0.4) is 0 Å². The Kier molecular flexibility index (Phi) is 5.37. The van der Waals surface area contributed by atoms with E-state index in [0.29, 0.717) is 6.04 Å². The molecule has 0 amide bonds. The summed E-state index contributed by atoms with van der Waals surface area (Å²) in [6.45, 7) is 4.54. The zero-order valence-electron chi connectivity index (χ0n) is 12.5. The van der Waals surface area contributed by atoms with Crippen molar-refractivity contribution in [2.45, 2.75) is 18.9 Å². The number of nitrogens with zero attached hydrogens (tertiary/aromatic N) is 2. The Morgan fingerprint density at radius 1 is 1.16 bits per heavy atom. The summed E-state index contributed by atoms with van der Waals surface area (Å²) in [5.41, 5.74) is 3.01. The molecule has 1 atom stereocenters. The minimum absolute atomic E-state index is 0.495. The molecule has 19 heavy (non-hydrogen) atoms. The van der Waals surface area contributed by atoms with E-state index in [-0.39, 0.29) is 0 Å². The monoisotopic (exact) mass is 261 g/mol. The van der Waals surface area contributed by atoms with Gasteiger partial charge < -0.3 is 15.1 Å². The van der Waals surface area contributed by atoms with Gasteiger partial charge in [0.2, 0.25) is 0 Å². The molecule has 106 valence electrons. The Morgan fingerprint density at radius 3 is 2.74 bits per heavy atom. The largest absolute Gasteiger partial charge is 0.309 e. The van der Waals surface area contributed by atoms with Crippen molar-refractivity contribution in [3.8, 4) is 0 Å². The first-order valence-corrected chi connectivity index (χ1v) is 7.31. The third kappa shape index (κ3) is 4.30. The summed E-state index contributed by atoms with van der Waals surface area (Å²) in [6.07, 6.45) is 2.40. The number of hydrogen-bond donors (Lipinski definition) is 1. The Hall–Kier alpha value is -0.900. The van der Waals surface area contributed by atoms with E-state index in [1.807, 2.05) is 0 Å².